The number of ether oxygens (including phenoxy) is 2. The van der Waals surface area contributed by atoms with Crippen LogP contribution >= 0.6 is 0 Å². The Morgan fingerprint density at radius 2 is 1.76 bits per heavy atom. The molecule has 0 saturated heterocycles. The van der Waals surface area contributed by atoms with Crippen molar-refractivity contribution in [1.82, 2.24) is 19.7 Å². The molecule has 4 aromatic rings. The zero-order valence-electron chi connectivity index (χ0n) is 22.1. The summed E-state index contributed by atoms with van der Waals surface area (Å²) in [5.74, 6) is -0.0152. The lowest BCUT2D eigenvalue weighted by molar-refractivity contribution is 0.393. The monoisotopic (exact) mass is 394 g/mol. The first-order valence-electron chi connectivity index (χ1n) is 12.2. The van der Waals surface area contributed by atoms with Gasteiger partial charge < -0.3 is 9.47 Å². The molecule has 0 bridgehead atoms. The van der Waals surface area contributed by atoms with Crippen LogP contribution in [0.15, 0.2) is 55.0 Å². The minimum Gasteiger partial charge on any atom is -0.497 e. The van der Waals surface area contributed by atoms with Gasteiger partial charge in [0.1, 0.15) is 11.5 Å². The van der Waals surface area contributed by atoms with Gasteiger partial charge in [-0.2, -0.15) is 5.10 Å². The van der Waals surface area contributed by atoms with Crippen molar-refractivity contribution < 1.29 is 17.7 Å². The number of methoxy groups -OCH3 is 2. The lowest BCUT2D eigenvalue weighted by atomic mass is 10.0. The first-order chi connectivity index (χ1) is 16.3. The fraction of sp³-hybridized carbons (Fsp3) is 0.261. The Hall–Kier alpha value is -3.41. The third-order valence-corrected chi connectivity index (χ3v) is 4.62. The lowest BCUT2D eigenvalue weighted by Gasteiger charge is -2.09. The molecule has 0 radical (unpaired) electrons. The van der Waals surface area contributed by atoms with E-state index in [0.717, 1.165) is 16.6 Å². The van der Waals surface area contributed by atoms with Crippen LogP contribution in [0.2, 0.25) is 0 Å². The molecule has 148 valence electrons. The van der Waals surface area contributed by atoms with Crippen molar-refractivity contribution >= 4 is 11.0 Å². The molecule has 29 heavy (non-hydrogen) atoms. The summed E-state index contributed by atoms with van der Waals surface area (Å²) in [5.41, 5.74) is 4.45. The molecular formula is C23H24N4O2. The first kappa shape index (κ1) is 12.9. The molecule has 0 spiro atoms. The minimum atomic E-state index is -2.69. The van der Waals surface area contributed by atoms with E-state index in [0.29, 0.717) is 23.2 Å². The number of aromatic nitrogens is 4. The van der Waals surface area contributed by atoms with Crippen molar-refractivity contribution in [3.05, 3.63) is 66.1 Å². The summed E-state index contributed by atoms with van der Waals surface area (Å²) >= 11 is 0. The zero-order chi connectivity index (χ0) is 25.4. The second-order valence-corrected chi connectivity index (χ2v) is 7.07. The highest BCUT2D eigenvalue weighted by atomic mass is 16.5. The molecule has 2 aromatic heterocycles. The van der Waals surface area contributed by atoms with E-state index in [1.54, 1.807) is 24.5 Å². The zero-order valence-corrected chi connectivity index (χ0v) is 16.1. The molecule has 0 amide bonds. The summed E-state index contributed by atoms with van der Waals surface area (Å²) in [6, 6.07) is 10.2. The van der Waals surface area contributed by atoms with Gasteiger partial charge in [-0.05, 0) is 55.7 Å². The lowest BCUT2D eigenvalue weighted by Crippen LogP contribution is -1.99. The van der Waals surface area contributed by atoms with E-state index in [2.05, 4.69) is 10.1 Å². The summed E-state index contributed by atoms with van der Waals surface area (Å²) in [5, 5.41) is 4.36. The highest BCUT2D eigenvalue weighted by Crippen LogP contribution is 2.26. The summed E-state index contributed by atoms with van der Waals surface area (Å²) in [4.78, 5) is 9.24. The molecule has 0 atom stereocenters. The highest BCUT2D eigenvalue weighted by molar-refractivity contribution is 5.77. The fourth-order valence-electron chi connectivity index (χ4n) is 3.15. The van der Waals surface area contributed by atoms with E-state index in [-0.39, 0.29) is 17.5 Å². The Kier molecular flexibility index (Phi) is 3.53. The van der Waals surface area contributed by atoms with Gasteiger partial charge in [-0.15, -0.1) is 0 Å². The van der Waals surface area contributed by atoms with E-state index < -0.39 is 14.1 Å². The van der Waals surface area contributed by atoms with Crippen molar-refractivity contribution in [2.75, 3.05) is 14.1 Å². The maximum atomic E-state index is 7.36. The van der Waals surface area contributed by atoms with Crippen LogP contribution in [0, 0.1) is 0 Å². The normalized spacial score (nSPS) is 15.1. The summed E-state index contributed by atoms with van der Waals surface area (Å²) in [7, 11) is -5.37. The predicted molar refractivity (Wildman–Crippen MR) is 113 cm³/mol. The molecular weight excluding hydrogens is 364 g/mol. The highest BCUT2D eigenvalue weighted by Gasteiger charge is 2.09. The van der Waals surface area contributed by atoms with Gasteiger partial charge in [0.2, 0.25) is 0 Å². The number of hydrogen-bond donors (Lipinski definition) is 0. The summed E-state index contributed by atoms with van der Waals surface area (Å²) in [6.45, 7) is 4.09. The Morgan fingerprint density at radius 1 is 0.966 bits per heavy atom. The second kappa shape index (κ2) is 7.91. The first-order valence-corrected chi connectivity index (χ1v) is 9.17. The summed E-state index contributed by atoms with van der Waals surface area (Å²) in [6.07, 6.45) is 5.75. The number of nitrogens with zero attached hydrogens (tertiary/aromatic N) is 4. The molecule has 6 nitrogen and oxygen atoms in total. The van der Waals surface area contributed by atoms with E-state index in [1.165, 1.54) is 6.07 Å². The molecule has 0 fully saturated rings. The third-order valence-electron chi connectivity index (χ3n) is 4.62. The van der Waals surface area contributed by atoms with Gasteiger partial charge in [-0.1, -0.05) is 6.07 Å². The number of benzene rings is 2. The van der Waals surface area contributed by atoms with Gasteiger partial charge >= 0.3 is 0 Å². The molecule has 0 aliphatic carbocycles. The maximum absolute atomic E-state index is 7.36. The van der Waals surface area contributed by atoms with Gasteiger partial charge in [0, 0.05) is 23.9 Å². The average molecular weight is 395 g/mol. The SMILES string of the molecule is [2H]C([2H])([2H])Oc1cc(Cc2ccc3ncc(-c4cnn(C(C)C)c4)nc3c2)cc(OC([2H])([2H])[2H])c1. The Bertz CT molecular complexity index is 1310. The second-order valence-electron chi connectivity index (χ2n) is 7.07. The molecule has 6 heteroatoms. The molecule has 4 rings (SSSR count). The Balaban J connectivity index is 1.65. The standard InChI is InChI=1S/C23H24N4O2/c1-15(2)27-14-18(12-25-27)23-13-24-21-6-5-16(10-22(21)26-23)7-17-8-19(28-3)11-20(9-17)29-4/h5-6,8-15H,7H2,1-4H3/i3D3,4D3. The Morgan fingerprint density at radius 3 is 2.45 bits per heavy atom. The number of rotatable bonds is 6. The molecule has 2 heterocycles. The van der Waals surface area contributed by atoms with E-state index in [4.69, 9.17) is 22.7 Å². The molecule has 0 unspecified atom stereocenters. The molecule has 0 aliphatic rings. The van der Waals surface area contributed by atoms with Crippen LogP contribution < -0.4 is 9.47 Å². The van der Waals surface area contributed by atoms with Crippen LogP contribution in [0.4, 0.5) is 0 Å². The van der Waals surface area contributed by atoms with Gasteiger partial charge in [0.15, 0.2) is 0 Å². The Labute approximate surface area is 178 Å². The van der Waals surface area contributed by atoms with Crippen LogP contribution in [0.5, 0.6) is 11.5 Å². The van der Waals surface area contributed by atoms with Crippen LogP contribution in [0.25, 0.3) is 22.3 Å². The maximum Gasteiger partial charge on any atom is 0.122 e. The van der Waals surface area contributed by atoms with Crippen molar-refractivity contribution in [3.8, 4) is 22.8 Å². The van der Waals surface area contributed by atoms with Crippen molar-refractivity contribution in [1.29, 1.82) is 0 Å². The molecule has 2 aromatic carbocycles. The molecule has 0 N–H and O–H groups in total. The molecule has 0 aliphatic heterocycles. The van der Waals surface area contributed by atoms with Crippen LogP contribution in [-0.4, -0.2) is 33.8 Å². The van der Waals surface area contributed by atoms with Crippen molar-refractivity contribution in [3.63, 3.8) is 0 Å². The van der Waals surface area contributed by atoms with Crippen LogP contribution in [0.1, 0.15) is 39.2 Å². The van der Waals surface area contributed by atoms with Gasteiger partial charge in [0.25, 0.3) is 0 Å². The minimum absolute atomic E-state index is 0.00761. The van der Waals surface area contributed by atoms with E-state index >= 15 is 0 Å². The van der Waals surface area contributed by atoms with Crippen molar-refractivity contribution in [2.45, 2.75) is 26.3 Å². The quantitative estimate of drug-likeness (QED) is 0.475. The predicted octanol–water partition coefficient (Wildman–Crippen LogP) is 4.68. The van der Waals surface area contributed by atoms with Crippen LogP contribution in [-0.2, 0) is 6.42 Å². The topological polar surface area (TPSA) is 62.1 Å². The average Bonchev–Trinajstić information content (AvgIpc) is 3.21. The third kappa shape index (κ3) is 4.06. The van der Waals surface area contributed by atoms with Gasteiger partial charge in [0.05, 0.1) is 51.4 Å². The summed E-state index contributed by atoms with van der Waals surface area (Å²) < 4.78 is 56.0. The van der Waals surface area contributed by atoms with Gasteiger partial charge in [-0.25, -0.2) is 4.98 Å². The van der Waals surface area contributed by atoms with Crippen LogP contribution in [0.3, 0.4) is 0 Å². The number of fused-ring (bicyclic) bond motifs is 1. The van der Waals surface area contributed by atoms with Crippen molar-refractivity contribution in [2.24, 2.45) is 0 Å². The van der Waals surface area contributed by atoms with Gasteiger partial charge in [-0.3, -0.25) is 9.67 Å². The smallest absolute Gasteiger partial charge is 0.122 e. The fourth-order valence-corrected chi connectivity index (χ4v) is 3.15. The number of hydrogen-bond acceptors (Lipinski definition) is 5. The molecule has 0 saturated carbocycles. The largest absolute Gasteiger partial charge is 0.497 e. The van der Waals surface area contributed by atoms with E-state index in [9.17, 15) is 0 Å². The van der Waals surface area contributed by atoms with E-state index in [1.807, 2.05) is 42.9 Å².